The van der Waals surface area contributed by atoms with Gasteiger partial charge in [-0.2, -0.15) is 10.2 Å². The Labute approximate surface area is 177 Å². The quantitative estimate of drug-likeness (QED) is 0.502. The van der Waals surface area contributed by atoms with Crippen molar-refractivity contribution in [1.82, 2.24) is 19.6 Å². The summed E-state index contributed by atoms with van der Waals surface area (Å²) in [7, 11) is 0. The smallest absolute Gasteiger partial charge is 0.260 e. The third-order valence-corrected chi connectivity index (χ3v) is 5.00. The number of nitrogens with zero attached hydrogens (tertiary/aromatic N) is 4. The Morgan fingerprint density at radius 1 is 1.07 bits per heavy atom. The first kappa shape index (κ1) is 19.8. The van der Waals surface area contributed by atoms with E-state index in [-0.39, 0.29) is 17.5 Å². The number of hydrogen-bond donors (Lipinski definition) is 1. The summed E-state index contributed by atoms with van der Waals surface area (Å²) >= 11 is 6.27. The number of nitrogens with one attached hydrogen (secondary N) is 1. The zero-order chi connectivity index (χ0) is 21.3. The molecule has 0 atom stereocenters. The SMILES string of the molecule is Cc1nn(-c2ccccc2)c(C)c1C(=O)Nc1nn(Cc2ccc(F)cc2)cc1Cl. The number of aryl methyl sites for hydroxylation is 1. The van der Waals surface area contributed by atoms with Crippen LogP contribution in [0.4, 0.5) is 10.2 Å². The summed E-state index contributed by atoms with van der Waals surface area (Å²) < 4.78 is 16.4. The standard InChI is InChI=1S/C22H19ClFN5O/c1-14-20(15(2)29(26-14)18-6-4-3-5-7-18)22(30)25-21-19(23)13-28(27-21)12-16-8-10-17(24)11-9-16/h3-11,13H,12H2,1-2H3,(H,25,27,30). The monoisotopic (exact) mass is 423 g/mol. The van der Waals surface area contributed by atoms with Crippen LogP contribution in [0.1, 0.15) is 27.3 Å². The number of hydrogen-bond acceptors (Lipinski definition) is 3. The zero-order valence-corrected chi connectivity index (χ0v) is 17.2. The summed E-state index contributed by atoms with van der Waals surface area (Å²) in [6.45, 7) is 4.03. The molecule has 2 heterocycles. The molecule has 0 unspecified atom stereocenters. The van der Waals surface area contributed by atoms with E-state index in [2.05, 4.69) is 15.5 Å². The maximum atomic E-state index is 13.1. The fraction of sp³-hybridized carbons (Fsp3) is 0.136. The third-order valence-electron chi connectivity index (χ3n) is 4.73. The highest BCUT2D eigenvalue weighted by molar-refractivity contribution is 6.33. The highest BCUT2D eigenvalue weighted by Gasteiger charge is 2.21. The Morgan fingerprint density at radius 2 is 1.77 bits per heavy atom. The van der Waals surface area contributed by atoms with Crippen molar-refractivity contribution >= 4 is 23.3 Å². The lowest BCUT2D eigenvalue weighted by atomic mass is 10.2. The molecule has 0 saturated carbocycles. The molecular formula is C22H19ClFN5O. The Bertz CT molecular complexity index is 1200. The Balaban J connectivity index is 1.55. The summed E-state index contributed by atoms with van der Waals surface area (Å²) in [5.74, 6) is -0.372. The number of carbonyl (C=O) groups is 1. The van der Waals surface area contributed by atoms with Gasteiger partial charge in [0.25, 0.3) is 5.91 Å². The molecule has 0 bridgehead atoms. The van der Waals surface area contributed by atoms with Gasteiger partial charge >= 0.3 is 0 Å². The summed E-state index contributed by atoms with van der Waals surface area (Å²) in [5, 5.41) is 11.9. The van der Waals surface area contributed by atoms with E-state index in [4.69, 9.17) is 11.6 Å². The van der Waals surface area contributed by atoms with Crippen molar-refractivity contribution in [2.75, 3.05) is 5.32 Å². The number of para-hydroxylation sites is 1. The molecule has 0 aliphatic rings. The van der Waals surface area contributed by atoms with Crippen LogP contribution in [0.5, 0.6) is 0 Å². The van der Waals surface area contributed by atoms with Crippen molar-refractivity contribution in [2.45, 2.75) is 20.4 Å². The first-order chi connectivity index (χ1) is 14.4. The number of anilines is 1. The first-order valence-electron chi connectivity index (χ1n) is 9.33. The second-order valence-electron chi connectivity index (χ2n) is 6.90. The average molecular weight is 424 g/mol. The molecule has 1 N–H and O–H groups in total. The van der Waals surface area contributed by atoms with E-state index in [1.165, 1.54) is 12.1 Å². The van der Waals surface area contributed by atoms with Crippen LogP contribution in [0.2, 0.25) is 5.02 Å². The van der Waals surface area contributed by atoms with E-state index in [9.17, 15) is 9.18 Å². The molecule has 8 heteroatoms. The van der Waals surface area contributed by atoms with E-state index in [0.29, 0.717) is 22.8 Å². The topological polar surface area (TPSA) is 64.7 Å². The summed E-state index contributed by atoms with van der Waals surface area (Å²) in [5.41, 5.74) is 3.54. The van der Waals surface area contributed by atoms with E-state index in [1.807, 2.05) is 37.3 Å². The van der Waals surface area contributed by atoms with Gasteiger partial charge in [-0.05, 0) is 43.7 Å². The lowest BCUT2D eigenvalue weighted by Crippen LogP contribution is -2.15. The van der Waals surface area contributed by atoms with Gasteiger partial charge < -0.3 is 5.32 Å². The lowest BCUT2D eigenvalue weighted by molar-refractivity contribution is 0.102. The lowest BCUT2D eigenvalue weighted by Gasteiger charge is -2.06. The van der Waals surface area contributed by atoms with E-state index < -0.39 is 0 Å². The van der Waals surface area contributed by atoms with Crippen LogP contribution in [0.3, 0.4) is 0 Å². The second-order valence-corrected chi connectivity index (χ2v) is 7.30. The molecule has 0 fully saturated rings. The Hall–Kier alpha value is -3.45. The van der Waals surface area contributed by atoms with Crippen molar-refractivity contribution < 1.29 is 9.18 Å². The third kappa shape index (κ3) is 3.97. The van der Waals surface area contributed by atoms with Gasteiger partial charge in [-0.1, -0.05) is 41.9 Å². The van der Waals surface area contributed by atoms with Gasteiger partial charge in [0.1, 0.15) is 10.8 Å². The molecule has 152 valence electrons. The molecule has 4 rings (SSSR count). The summed E-state index contributed by atoms with van der Waals surface area (Å²) in [6, 6.07) is 15.7. The van der Waals surface area contributed by atoms with Crippen LogP contribution in [-0.4, -0.2) is 25.5 Å². The number of aromatic nitrogens is 4. The number of halogens is 2. The van der Waals surface area contributed by atoms with Crippen LogP contribution in [0, 0.1) is 19.7 Å². The molecule has 0 aliphatic carbocycles. The van der Waals surface area contributed by atoms with E-state index in [0.717, 1.165) is 16.9 Å². The highest BCUT2D eigenvalue weighted by atomic mass is 35.5. The second kappa shape index (κ2) is 8.12. The first-order valence-corrected chi connectivity index (χ1v) is 9.70. The van der Waals surface area contributed by atoms with Gasteiger partial charge in [-0.15, -0.1) is 0 Å². The molecule has 0 saturated heterocycles. The van der Waals surface area contributed by atoms with Gasteiger partial charge in [0.15, 0.2) is 5.82 Å². The van der Waals surface area contributed by atoms with Crippen LogP contribution in [0.25, 0.3) is 5.69 Å². The molecule has 2 aromatic heterocycles. The molecule has 0 aliphatic heterocycles. The van der Waals surface area contributed by atoms with Crippen molar-refractivity contribution in [3.8, 4) is 5.69 Å². The van der Waals surface area contributed by atoms with Gasteiger partial charge in [0.05, 0.1) is 29.2 Å². The zero-order valence-electron chi connectivity index (χ0n) is 16.4. The van der Waals surface area contributed by atoms with Gasteiger partial charge in [0.2, 0.25) is 0 Å². The minimum atomic E-state index is -0.332. The van der Waals surface area contributed by atoms with Crippen LogP contribution >= 0.6 is 11.6 Å². The summed E-state index contributed by atoms with van der Waals surface area (Å²) in [6.07, 6.45) is 1.62. The molecule has 0 radical (unpaired) electrons. The molecular weight excluding hydrogens is 405 g/mol. The Morgan fingerprint density at radius 3 is 2.47 bits per heavy atom. The van der Waals surface area contributed by atoms with Crippen molar-refractivity contribution in [3.05, 3.63) is 94.1 Å². The van der Waals surface area contributed by atoms with Gasteiger partial charge in [-0.25, -0.2) is 9.07 Å². The normalized spacial score (nSPS) is 10.9. The van der Waals surface area contributed by atoms with Crippen LogP contribution in [0.15, 0.2) is 60.8 Å². The van der Waals surface area contributed by atoms with Crippen molar-refractivity contribution in [2.24, 2.45) is 0 Å². The maximum Gasteiger partial charge on any atom is 0.260 e. The number of carbonyl (C=O) groups excluding carboxylic acids is 1. The number of rotatable bonds is 5. The average Bonchev–Trinajstić information content (AvgIpc) is 3.22. The molecule has 6 nitrogen and oxygen atoms in total. The number of amides is 1. The maximum absolute atomic E-state index is 13.1. The predicted molar refractivity (Wildman–Crippen MR) is 114 cm³/mol. The predicted octanol–water partition coefficient (Wildman–Crippen LogP) is 4.78. The Kier molecular flexibility index (Phi) is 5.37. The summed E-state index contributed by atoms with van der Waals surface area (Å²) in [4.78, 5) is 12.9. The largest absolute Gasteiger partial charge is 0.304 e. The molecule has 2 aromatic carbocycles. The van der Waals surface area contributed by atoms with Crippen molar-refractivity contribution in [1.29, 1.82) is 0 Å². The minimum Gasteiger partial charge on any atom is -0.304 e. The molecule has 30 heavy (non-hydrogen) atoms. The minimum absolute atomic E-state index is 0.259. The highest BCUT2D eigenvalue weighted by Crippen LogP contribution is 2.23. The molecule has 0 spiro atoms. The van der Waals surface area contributed by atoms with E-state index in [1.54, 1.807) is 34.6 Å². The van der Waals surface area contributed by atoms with Gasteiger partial charge in [-0.3, -0.25) is 9.48 Å². The van der Waals surface area contributed by atoms with Crippen LogP contribution < -0.4 is 5.32 Å². The molecule has 1 amide bonds. The molecule has 4 aromatic rings. The van der Waals surface area contributed by atoms with E-state index >= 15 is 0 Å². The fourth-order valence-corrected chi connectivity index (χ4v) is 3.50. The van der Waals surface area contributed by atoms with Crippen molar-refractivity contribution in [3.63, 3.8) is 0 Å². The van der Waals surface area contributed by atoms with Crippen LogP contribution in [-0.2, 0) is 6.54 Å². The number of benzene rings is 2. The fourth-order valence-electron chi connectivity index (χ4n) is 3.30. The van der Waals surface area contributed by atoms with Gasteiger partial charge in [0, 0.05) is 6.20 Å².